The third-order valence-electron chi connectivity index (χ3n) is 5.31. The molecule has 0 saturated carbocycles. The van der Waals surface area contributed by atoms with Gasteiger partial charge in [0.05, 0.1) is 14.2 Å². The van der Waals surface area contributed by atoms with E-state index in [4.69, 9.17) is 9.47 Å². The fraction of sp³-hybridized carbons (Fsp3) is 0.280. The zero-order chi connectivity index (χ0) is 22.1. The van der Waals surface area contributed by atoms with Crippen molar-refractivity contribution in [1.29, 1.82) is 0 Å². The van der Waals surface area contributed by atoms with Crippen LogP contribution in [0, 0.1) is 0 Å². The van der Waals surface area contributed by atoms with Gasteiger partial charge in [0.25, 0.3) is 0 Å². The average Bonchev–Trinajstić information content (AvgIpc) is 2.84. The van der Waals surface area contributed by atoms with Gasteiger partial charge in [0.15, 0.2) is 0 Å². The normalized spacial score (nSPS) is 12.6. The summed E-state index contributed by atoms with van der Waals surface area (Å²) in [6, 6.07) is 21.3. The summed E-state index contributed by atoms with van der Waals surface area (Å²) >= 11 is 0. The van der Waals surface area contributed by atoms with Crippen LogP contribution in [0.2, 0.25) is 0 Å². The Kier molecular flexibility index (Phi) is 8.01. The first kappa shape index (κ1) is 22.3. The highest BCUT2D eigenvalue weighted by Gasteiger charge is 2.22. The molecule has 0 spiro atoms. The number of benzene rings is 2. The van der Waals surface area contributed by atoms with E-state index in [1.807, 2.05) is 54.6 Å². The van der Waals surface area contributed by atoms with Gasteiger partial charge in [-0.25, -0.2) is 4.98 Å². The van der Waals surface area contributed by atoms with Gasteiger partial charge >= 0.3 is 0 Å². The average molecular weight is 420 g/mol. The molecule has 2 atom stereocenters. The SMILES string of the molecule is CNC(=O)[C@@H](NCC[C@H](c1ccc(OC)cc1)c1cccnc1OC)c1ccccc1. The summed E-state index contributed by atoms with van der Waals surface area (Å²) in [5.74, 6) is 1.39. The molecule has 6 nitrogen and oxygen atoms in total. The molecule has 0 aliphatic heterocycles. The summed E-state index contributed by atoms with van der Waals surface area (Å²) < 4.78 is 10.8. The molecule has 0 radical (unpaired) electrons. The van der Waals surface area contributed by atoms with E-state index in [0.29, 0.717) is 12.4 Å². The summed E-state index contributed by atoms with van der Waals surface area (Å²) in [6.07, 6.45) is 2.48. The van der Waals surface area contributed by atoms with Crippen molar-refractivity contribution in [3.8, 4) is 11.6 Å². The molecule has 3 rings (SSSR count). The van der Waals surface area contributed by atoms with Gasteiger partial charge in [-0.15, -0.1) is 0 Å². The Balaban J connectivity index is 1.83. The van der Waals surface area contributed by atoms with E-state index in [0.717, 1.165) is 28.9 Å². The Morgan fingerprint density at radius 1 is 0.935 bits per heavy atom. The number of likely N-dealkylation sites (N-methyl/N-ethyl adjacent to an activating group) is 1. The molecule has 3 aromatic rings. The molecule has 0 aliphatic carbocycles. The Morgan fingerprint density at radius 3 is 2.32 bits per heavy atom. The number of carbonyl (C=O) groups is 1. The van der Waals surface area contributed by atoms with Crippen LogP contribution in [0.3, 0.4) is 0 Å². The van der Waals surface area contributed by atoms with Gasteiger partial charge in [-0.05, 0) is 42.3 Å². The number of amides is 1. The van der Waals surface area contributed by atoms with Crippen molar-refractivity contribution >= 4 is 5.91 Å². The second-order valence-corrected chi connectivity index (χ2v) is 7.13. The van der Waals surface area contributed by atoms with Crippen molar-refractivity contribution in [3.05, 3.63) is 89.6 Å². The number of rotatable bonds is 10. The molecule has 1 amide bonds. The highest BCUT2D eigenvalue weighted by molar-refractivity contribution is 5.82. The van der Waals surface area contributed by atoms with E-state index >= 15 is 0 Å². The maximum absolute atomic E-state index is 12.5. The van der Waals surface area contributed by atoms with Crippen LogP contribution in [0.4, 0.5) is 0 Å². The van der Waals surface area contributed by atoms with E-state index in [-0.39, 0.29) is 11.8 Å². The lowest BCUT2D eigenvalue weighted by atomic mass is 9.88. The minimum atomic E-state index is -0.418. The summed E-state index contributed by atoms with van der Waals surface area (Å²) in [4.78, 5) is 16.9. The Bertz CT molecular complexity index is 961. The lowest BCUT2D eigenvalue weighted by Gasteiger charge is -2.23. The van der Waals surface area contributed by atoms with Crippen molar-refractivity contribution < 1.29 is 14.3 Å². The van der Waals surface area contributed by atoms with Gasteiger partial charge in [0.1, 0.15) is 11.8 Å². The number of methoxy groups -OCH3 is 2. The van der Waals surface area contributed by atoms with Crippen LogP contribution in [0.25, 0.3) is 0 Å². The highest BCUT2D eigenvalue weighted by atomic mass is 16.5. The zero-order valence-corrected chi connectivity index (χ0v) is 18.2. The second-order valence-electron chi connectivity index (χ2n) is 7.13. The Labute approximate surface area is 183 Å². The van der Waals surface area contributed by atoms with Crippen LogP contribution in [0.1, 0.15) is 35.1 Å². The third-order valence-corrected chi connectivity index (χ3v) is 5.31. The summed E-state index contributed by atoms with van der Waals surface area (Å²) in [5, 5.41) is 6.17. The molecule has 0 aliphatic rings. The topological polar surface area (TPSA) is 72.5 Å². The molecule has 2 N–H and O–H groups in total. The molecule has 0 unspecified atom stereocenters. The highest BCUT2D eigenvalue weighted by Crippen LogP contribution is 2.33. The molecular weight excluding hydrogens is 390 g/mol. The van der Waals surface area contributed by atoms with Gasteiger partial charge in [0.2, 0.25) is 11.8 Å². The third kappa shape index (κ3) is 5.61. The number of aromatic nitrogens is 1. The van der Waals surface area contributed by atoms with E-state index in [2.05, 4.69) is 27.8 Å². The summed E-state index contributed by atoms with van der Waals surface area (Å²) in [5.41, 5.74) is 3.07. The first-order chi connectivity index (χ1) is 15.2. The maximum Gasteiger partial charge on any atom is 0.241 e. The summed E-state index contributed by atoms with van der Waals surface area (Å²) in [6.45, 7) is 0.627. The lowest BCUT2D eigenvalue weighted by molar-refractivity contribution is -0.122. The second kappa shape index (κ2) is 11.1. The number of nitrogens with zero attached hydrogens (tertiary/aromatic N) is 1. The quantitative estimate of drug-likeness (QED) is 0.524. The van der Waals surface area contributed by atoms with E-state index < -0.39 is 6.04 Å². The molecule has 2 aromatic carbocycles. The van der Waals surface area contributed by atoms with Crippen LogP contribution < -0.4 is 20.1 Å². The predicted molar refractivity (Wildman–Crippen MR) is 121 cm³/mol. The minimum absolute atomic E-state index is 0.0446. The number of hydrogen-bond acceptors (Lipinski definition) is 5. The number of hydrogen-bond donors (Lipinski definition) is 2. The first-order valence-electron chi connectivity index (χ1n) is 10.3. The smallest absolute Gasteiger partial charge is 0.241 e. The monoisotopic (exact) mass is 419 g/mol. The molecule has 0 fully saturated rings. The van der Waals surface area contributed by atoms with E-state index in [1.54, 1.807) is 27.5 Å². The van der Waals surface area contributed by atoms with Gasteiger partial charge in [0, 0.05) is 24.7 Å². The molecule has 162 valence electrons. The van der Waals surface area contributed by atoms with Gasteiger partial charge in [-0.1, -0.05) is 48.5 Å². The Morgan fingerprint density at radius 2 is 1.68 bits per heavy atom. The van der Waals surface area contributed by atoms with Gasteiger partial charge in [-0.2, -0.15) is 0 Å². The number of carbonyl (C=O) groups excluding carboxylic acids is 1. The molecule has 6 heteroatoms. The van der Waals surface area contributed by atoms with Crippen molar-refractivity contribution in [3.63, 3.8) is 0 Å². The van der Waals surface area contributed by atoms with E-state index in [1.165, 1.54) is 0 Å². The van der Waals surface area contributed by atoms with Crippen LogP contribution in [0.15, 0.2) is 72.9 Å². The molecule has 1 heterocycles. The fourth-order valence-electron chi connectivity index (χ4n) is 3.70. The number of nitrogens with one attached hydrogen (secondary N) is 2. The van der Waals surface area contributed by atoms with Gasteiger partial charge < -0.3 is 20.1 Å². The van der Waals surface area contributed by atoms with Crippen LogP contribution >= 0.6 is 0 Å². The first-order valence-corrected chi connectivity index (χ1v) is 10.3. The van der Waals surface area contributed by atoms with E-state index in [9.17, 15) is 4.79 Å². The van der Waals surface area contributed by atoms with Crippen LogP contribution in [-0.4, -0.2) is 38.7 Å². The number of pyridine rings is 1. The molecular formula is C25H29N3O3. The molecule has 0 saturated heterocycles. The predicted octanol–water partition coefficient (Wildman–Crippen LogP) is 3.70. The van der Waals surface area contributed by atoms with Crippen molar-refractivity contribution in [1.82, 2.24) is 15.6 Å². The Hall–Kier alpha value is -3.38. The summed E-state index contributed by atoms with van der Waals surface area (Å²) in [7, 11) is 4.94. The van der Waals surface area contributed by atoms with Crippen molar-refractivity contribution in [2.45, 2.75) is 18.4 Å². The minimum Gasteiger partial charge on any atom is -0.497 e. The fourth-order valence-corrected chi connectivity index (χ4v) is 3.70. The number of ether oxygens (including phenoxy) is 2. The molecule has 31 heavy (non-hydrogen) atoms. The van der Waals surface area contributed by atoms with Crippen molar-refractivity contribution in [2.24, 2.45) is 0 Å². The molecule has 0 bridgehead atoms. The standard InChI is InChI=1S/C25H29N3O3/c1-26-24(29)23(19-8-5-4-6-9-19)27-17-15-21(18-11-13-20(30-2)14-12-18)22-10-7-16-28-25(22)31-3/h4-14,16,21,23,27H,15,17H2,1-3H3,(H,26,29)/t21-,23+/m1/s1. The molecule has 1 aromatic heterocycles. The lowest BCUT2D eigenvalue weighted by Crippen LogP contribution is -2.36. The zero-order valence-electron chi connectivity index (χ0n) is 18.2. The van der Waals surface area contributed by atoms with Crippen LogP contribution in [0.5, 0.6) is 11.6 Å². The van der Waals surface area contributed by atoms with Crippen LogP contribution in [-0.2, 0) is 4.79 Å². The maximum atomic E-state index is 12.5. The largest absolute Gasteiger partial charge is 0.497 e. The van der Waals surface area contributed by atoms with Crippen molar-refractivity contribution in [2.75, 3.05) is 27.8 Å². The van der Waals surface area contributed by atoms with Gasteiger partial charge in [-0.3, -0.25) is 4.79 Å².